The van der Waals surface area contributed by atoms with Crippen LogP contribution in [0.4, 0.5) is 0 Å². The van der Waals surface area contributed by atoms with Crippen molar-refractivity contribution in [3.63, 3.8) is 0 Å². The van der Waals surface area contributed by atoms with E-state index < -0.39 is 11.4 Å². The molecule has 4 atom stereocenters. The number of rotatable bonds is 0. The summed E-state index contributed by atoms with van der Waals surface area (Å²) in [6, 6.07) is 0. The zero-order valence-corrected chi connectivity index (χ0v) is 8.49. The molecular formula is C10H16O4. The van der Waals surface area contributed by atoms with E-state index in [9.17, 15) is 15.0 Å². The number of carbonyl (C=O) groups excluding carboxylic acids is 1. The minimum Gasteiger partial charge on any atom is -0.382 e. The summed E-state index contributed by atoms with van der Waals surface area (Å²) in [5.74, 6) is -1.46. The molecule has 1 aliphatic heterocycles. The summed E-state index contributed by atoms with van der Waals surface area (Å²) in [7, 11) is 0. The van der Waals surface area contributed by atoms with E-state index in [2.05, 4.69) is 0 Å². The van der Waals surface area contributed by atoms with Crippen LogP contribution in [0.15, 0.2) is 0 Å². The van der Waals surface area contributed by atoms with Gasteiger partial charge in [-0.1, -0.05) is 6.92 Å². The van der Waals surface area contributed by atoms with Gasteiger partial charge in [0.05, 0.1) is 6.61 Å². The smallest absolute Gasteiger partial charge is 0.172 e. The molecule has 0 spiro atoms. The summed E-state index contributed by atoms with van der Waals surface area (Å²) in [6.45, 7) is 3.86. The first-order chi connectivity index (χ1) is 6.35. The standard InChI is InChI=1S/C10H16O4/c1-6-4-14-10(13)5-9(2,12)8(11)3-7(6)10/h6-7,12-13H,3-5H2,1-2H3/t6-,7+,9-,10-/m0/s1. The van der Waals surface area contributed by atoms with Crippen LogP contribution >= 0.6 is 0 Å². The molecule has 2 aliphatic rings. The Kier molecular flexibility index (Phi) is 2.00. The van der Waals surface area contributed by atoms with Crippen LogP contribution in [0, 0.1) is 11.8 Å². The number of hydrogen-bond donors (Lipinski definition) is 2. The lowest BCUT2D eigenvalue weighted by atomic mass is 9.71. The third kappa shape index (κ3) is 1.29. The Morgan fingerprint density at radius 3 is 2.79 bits per heavy atom. The van der Waals surface area contributed by atoms with Gasteiger partial charge in [-0.05, 0) is 12.8 Å². The minimum absolute atomic E-state index is 0.00611. The molecule has 0 radical (unpaired) electrons. The molecule has 0 aromatic rings. The molecule has 4 heteroatoms. The lowest BCUT2D eigenvalue weighted by Crippen LogP contribution is -2.54. The number of aliphatic hydroxyl groups is 2. The zero-order valence-electron chi connectivity index (χ0n) is 8.49. The van der Waals surface area contributed by atoms with Gasteiger partial charge < -0.3 is 14.9 Å². The molecule has 2 rings (SSSR count). The molecule has 0 unspecified atom stereocenters. The molecule has 0 aromatic carbocycles. The van der Waals surface area contributed by atoms with E-state index in [0.717, 1.165) is 0 Å². The van der Waals surface area contributed by atoms with Gasteiger partial charge in [0.15, 0.2) is 11.6 Å². The van der Waals surface area contributed by atoms with Crippen molar-refractivity contribution >= 4 is 5.78 Å². The molecule has 0 amide bonds. The summed E-state index contributed by atoms with van der Waals surface area (Å²) in [4.78, 5) is 11.5. The lowest BCUT2D eigenvalue weighted by Gasteiger charge is -2.40. The number of ether oxygens (including phenoxy) is 1. The zero-order chi connectivity index (χ0) is 10.6. The van der Waals surface area contributed by atoms with Crippen molar-refractivity contribution in [3.05, 3.63) is 0 Å². The molecule has 0 aromatic heterocycles. The molecule has 1 saturated carbocycles. The average molecular weight is 200 g/mol. The van der Waals surface area contributed by atoms with Crippen molar-refractivity contribution in [1.29, 1.82) is 0 Å². The predicted molar refractivity (Wildman–Crippen MR) is 48.4 cm³/mol. The van der Waals surface area contributed by atoms with Gasteiger partial charge >= 0.3 is 0 Å². The summed E-state index contributed by atoms with van der Waals surface area (Å²) < 4.78 is 5.28. The third-order valence-electron chi connectivity index (χ3n) is 3.47. The Morgan fingerprint density at radius 2 is 2.14 bits per heavy atom. The molecule has 0 bridgehead atoms. The second-order valence-electron chi connectivity index (χ2n) is 4.82. The maximum absolute atomic E-state index is 11.5. The van der Waals surface area contributed by atoms with Crippen LogP contribution in [-0.2, 0) is 9.53 Å². The molecule has 4 nitrogen and oxygen atoms in total. The summed E-state index contributed by atoms with van der Waals surface area (Å²) >= 11 is 0. The molecule has 1 heterocycles. The van der Waals surface area contributed by atoms with Crippen molar-refractivity contribution in [1.82, 2.24) is 0 Å². The van der Waals surface area contributed by atoms with Crippen LogP contribution in [0.25, 0.3) is 0 Å². The highest BCUT2D eigenvalue weighted by atomic mass is 16.6. The lowest BCUT2D eigenvalue weighted by molar-refractivity contribution is -0.236. The molecule has 2 N–H and O–H groups in total. The monoisotopic (exact) mass is 200 g/mol. The van der Waals surface area contributed by atoms with Crippen molar-refractivity contribution < 1.29 is 19.7 Å². The maximum Gasteiger partial charge on any atom is 0.172 e. The van der Waals surface area contributed by atoms with Gasteiger partial charge in [-0.3, -0.25) is 4.79 Å². The fraction of sp³-hybridized carbons (Fsp3) is 0.900. The van der Waals surface area contributed by atoms with E-state index in [1.54, 1.807) is 0 Å². The van der Waals surface area contributed by atoms with Gasteiger partial charge in [-0.25, -0.2) is 0 Å². The fourth-order valence-electron chi connectivity index (χ4n) is 2.50. The first-order valence-electron chi connectivity index (χ1n) is 4.97. The number of hydrogen-bond acceptors (Lipinski definition) is 4. The van der Waals surface area contributed by atoms with Crippen molar-refractivity contribution in [3.8, 4) is 0 Å². The second kappa shape index (κ2) is 2.78. The van der Waals surface area contributed by atoms with E-state index in [-0.39, 0.29) is 30.5 Å². The van der Waals surface area contributed by atoms with E-state index in [1.807, 2.05) is 6.92 Å². The molecule has 80 valence electrons. The van der Waals surface area contributed by atoms with Gasteiger partial charge in [-0.2, -0.15) is 0 Å². The quantitative estimate of drug-likeness (QED) is 0.580. The van der Waals surface area contributed by atoms with Gasteiger partial charge in [-0.15, -0.1) is 0 Å². The highest BCUT2D eigenvalue weighted by molar-refractivity contribution is 5.88. The largest absolute Gasteiger partial charge is 0.382 e. The Labute approximate surface area is 82.9 Å². The summed E-state index contributed by atoms with van der Waals surface area (Å²) in [6.07, 6.45) is 0.207. The number of ketones is 1. The Hall–Kier alpha value is -0.450. The first kappa shape index (κ1) is 10.1. The summed E-state index contributed by atoms with van der Waals surface area (Å²) in [5.41, 5.74) is -1.44. The van der Waals surface area contributed by atoms with Gasteiger partial charge in [0.25, 0.3) is 0 Å². The van der Waals surface area contributed by atoms with E-state index >= 15 is 0 Å². The SMILES string of the molecule is C[C@H]1CO[C@@]2(O)C[C@](C)(O)C(=O)C[C@H]12. The van der Waals surface area contributed by atoms with Crippen molar-refractivity contribution in [2.45, 2.75) is 38.1 Å². The summed E-state index contributed by atoms with van der Waals surface area (Å²) in [5, 5.41) is 19.9. The number of Topliss-reactive ketones (excluding diaryl/α,β-unsaturated/α-hetero) is 1. The molecule has 1 aliphatic carbocycles. The van der Waals surface area contributed by atoms with E-state index in [4.69, 9.17) is 4.74 Å². The second-order valence-corrected chi connectivity index (χ2v) is 4.82. The van der Waals surface area contributed by atoms with Crippen LogP contribution in [-0.4, -0.2) is 34.0 Å². The van der Waals surface area contributed by atoms with Gasteiger partial charge in [0, 0.05) is 18.8 Å². The Bertz CT molecular complexity index is 273. The fourth-order valence-corrected chi connectivity index (χ4v) is 2.50. The van der Waals surface area contributed by atoms with Crippen LogP contribution in [0.2, 0.25) is 0 Å². The molecule has 1 saturated heterocycles. The number of carbonyl (C=O) groups is 1. The van der Waals surface area contributed by atoms with Crippen LogP contribution < -0.4 is 0 Å². The van der Waals surface area contributed by atoms with Crippen LogP contribution in [0.1, 0.15) is 26.7 Å². The van der Waals surface area contributed by atoms with Crippen LogP contribution in [0.3, 0.4) is 0 Å². The maximum atomic E-state index is 11.5. The van der Waals surface area contributed by atoms with Gasteiger partial charge in [0.1, 0.15) is 5.60 Å². The molecular weight excluding hydrogens is 184 g/mol. The molecule has 2 fully saturated rings. The first-order valence-corrected chi connectivity index (χ1v) is 4.97. The Balaban J connectivity index is 2.27. The van der Waals surface area contributed by atoms with E-state index in [1.165, 1.54) is 6.92 Å². The predicted octanol–water partition coefficient (Wildman–Crippen LogP) is 0.0714. The van der Waals surface area contributed by atoms with Crippen LogP contribution in [0.5, 0.6) is 0 Å². The van der Waals surface area contributed by atoms with Crippen molar-refractivity contribution in [2.75, 3.05) is 6.61 Å². The number of fused-ring (bicyclic) bond motifs is 1. The Morgan fingerprint density at radius 1 is 1.50 bits per heavy atom. The van der Waals surface area contributed by atoms with Gasteiger partial charge in [0.2, 0.25) is 0 Å². The molecule has 14 heavy (non-hydrogen) atoms. The normalized spacial score (nSPS) is 53.3. The highest BCUT2D eigenvalue weighted by Gasteiger charge is 2.57. The van der Waals surface area contributed by atoms with Crippen molar-refractivity contribution in [2.24, 2.45) is 11.8 Å². The third-order valence-corrected chi connectivity index (χ3v) is 3.47. The minimum atomic E-state index is -1.44. The topological polar surface area (TPSA) is 66.8 Å². The van der Waals surface area contributed by atoms with E-state index in [0.29, 0.717) is 6.61 Å². The highest BCUT2D eigenvalue weighted by Crippen LogP contribution is 2.46. The average Bonchev–Trinajstić information content (AvgIpc) is 2.30.